The van der Waals surface area contributed by atoms with Gasteiger partial charge in [-0.1, -0.05) is 140 Å². The summed E-state index contributed by atoms with van der Waals surface area (Å²) in [6, 6.07) is 59.3. The number of fused-ring (bicyclic) bond motifs is 4. The summed E-state index contributed by atoms with van der Waals surface area (Å²) in [5, 5.41) is 4.38. The van der Waals surface area contributed by atoms with Crippen molar-refractivity contribution in [2.24, 2.45) is 0 Å². The monoisotopic (exact) mass is 703 g/mol. The first-order chi connectivity index (χ1) is 27.2. The Kier molecular flexibility index (Phi) is 7.75. The summed E-state index contributed by atoms with van der Waals surface area (Å²) in [5.41, 5.74) is 9.93. The molecule has 0 aliphatic rings. The molecule has 10 aromatic rings. The third-order valence-electron chi connectivity index (χ3n) is 9.94. The van der Waals surface area contributed by atoms with Gasteiger partial charge in [0.15, 0.2) is 28.7 Å². The number of aromatic nitrogens is 4. The highest BCUT2D eigenvalue weighted by Crippen LogP contribution is 2.38. The predicted molar refractivity (Wildman–Crippen MR) is 221 cm³/mol. The van der Waals surface area contributed by atoms with E-state index in [1.807, 2.05) is 72.8 Å². The van der Waals surface area contributed by atoms with Gasteiger partial charge in [-0.15, -0.1) is 0 Å². The van der Waals surface area contributed by atoms with E-state index in [1.165, 1.54) is 0 Å². The minimum atomic E-state index is 0.544. The zero-order valence-corrected chi connectivity index (χ0v) is 29.4. The molecule has 0 unspecified atom stereocenters. The molecule has 0 bridgehead atoms. The molecule has 256 valence electrons. The quantitative estimate of drug-likeness (QED) is 0.161. The molecular formula is C49H29N5O. The lowest BCUT2D eigenvalue weighted by atomic mass is 9.94. The van der Waals surface area contributed by atoms with Crippen LogP contribution in [0.15, 0.2) is 180 Å². The molecule has 0 saturated carbocycles. The molecule has 0 radical (unpaired) electrons. The highest BCUT2D eigenvalue weighted by atomic mass is 16.3. The minimum Gasteiger partial charge on any atom is -0.435 e. The van der Waals surface area contributed by atoms with Gasteiger partial charge >= 0.3 is 0 Å². The summed E-state index contributed by atoms with van der Waals surface area (Å²) < 4.78 is 6.48. The number of hydrogen-bond acceptors (Lipinski definition) is 5. The van der Waals surface area contributed by atoms with Crippen LogP contribution < -0.4 is 0 Å². The molecule has 6 nitrogen and oxygen atoms in total. The van der Waals surface area contributed by atoms with E-state index in [1.54, 1.807) is 12.1 Å². The Balaban J connectivity index is 1.07. The Morgan fingerprint density at radius 1 is 0.400 bits per heavy atom. The molecular weight excluding hydrogens is 675 g/mol. The Morgan fingerprint density at radius 2 is 0.964 bits per heavy atom. The molecule has 10 rings (SSSR count). The number of hydrogen-bond donors (Lipinski definition) is 0. The fourth-order valence-corrected chi connectivity index (χ4v) is 7.18. The number of nitrogens with zero attached hydrogens (tertiary/aromatic N) is 5. The normalized spacial score (nSPS) is 11.3. The van der Waals surface area contributed by atoms with Crippen molar-refractivity contribution >= 4 is 38.3 Å². The van der Waals surface area contributed by atoms with E-state index < -0.39 is 0 Å². The van der Waals surface area contributed by atoms with E-state index in [4.69, 9.17) is 30.9 Å². The summed E-state index contributed by atoms with van der Waals surface area (Å²) in [5.74, 6) is 2.30. The lowest BCUT2D eigenvalue weighted by Crippen LogP contribution is -2.00. The van der Waals surface area contributed by atoms with E-state index in [2.05, 4.69) is 95.8 Å². The molecule has 0 saturated heterocycles. The third kappa shape index (κ3) is 5.96. The highest BCUT2D eigenvalue weighted by Gasteiger charge is 2.17. The van der Waals surface area contributed by atoms with E-state index in [9.17, 15) is 0 Å². The zero-order valence-electron chi connectivity index (χ0n) is 29.4. The summed E-state index contributed by atoms with van der Waals surface area (Å²) in [6.45, 7) is 7.41. The summed E-state index contributed by atoms with van der Waals surface area (Å²) in [7, 11) is 0. The Bertz CT molecular complexity index is 3110. The molecule has 55 heavy (non-hydrogen) atoms. The zero-order chi connectivity index (χ0) is 36.7. The van der Waals surface area contributed by atoms with E-state index in [0.29, 0.717) is 29.1 Å². The molecule has 0 amide bonds. The second-order valence-corrected chi connectivity index (χ2v) is 13.4. The Labute approximate surface area is 316 Å². The molecule has 0 aliphatic carbocycles. The van der Waals surface area contributed by atoms with Crippen molar-refractivity contribution in [3.05, 3.63) is 187 Å². The van der Waals surface area contributed by atoms with Crippen molar-refractivity contribution in [3.63, 3.8) is 0 Å². The lowest BCUT2D eigenvalue weighted by Gasteiger charge is -2.12. The fourth-order valence-electron chi connectivity index (χ4n) is 7.18. The van der Waals surface area contributed by atoms with Crippen molar-refractivity contribution in [1.29, 1.82) is 0 Å². The van der Waals surface area contributed by atoms with Crippen LogP contribution in [0.5, 0.6) is 0 Å². The highest BCUT2D eigenvalue weighted by molar-refractivity contribution is 6.11. The van der Waals surface area contributed by atoms with Crippen LogP contribution in [0.1, 0.15) is 0 Å². The molecule has 6 heteroatoms. The molecule has 0 fully saturated rings. The van der Waals surface area contributed by atoms with Crippen molar-refractivity contribution in [2.75, 3.05) is 0 Å². The summed E-state index contributed by atoms with van der Waals surface area (Å²) >= 11 is 0. The van der Waals surface area contributed by atoms with Crippen molar-refractivity contribution < 1.29 is 4.42 Å². The number of rotatable bonds is 6. The van der Waals surface area contributed by atoms with Crippen LogP contribution in [0, 0.1) is 6.57 Å². The first kappa shape index (κ1) is 31.9. The molecule has 0 N–H and O–H groups in total. The van der Waals surface area contributed by atoms with Crippen molar-refractivity contribution in [3.8, 4) is 67.9 Å². The van der Waals surface area contributed by atoms with Gasteiger partial charge in [0.05, 0.1) is 6.57 Å². The van der Waals surface area contributed by atoms with Crippen LogP contribution in [0.2, 0.25) is 0 Å². The maximum absolute atomic E-state index is 7.41. The number of benzene rings is 8. The smallest absolute Gasteiger partial charge is 0.227 e. The lowest BCUT2D eigenvalue weighted by molar-refractivity contribution is 0.623. The molecule has 0 aliphatic heterocycles. The van der Waals surface area contributed by atoms with E-state index >= 15 is 0 Å². The van der Waals surface area contributed by atoms with Gasteiger partial charge in [-0.2, -0.15) is 0 Å². The van der Waals surface area contributed by atoms with Crippen LogP contribution in [0.3, 0.4) is 0 Å². The molecule has 8 aromatic carbocycles. The van der Waals surface area contributed by atoms with Crippen LogP contribution >= 0.6 is 0 Å². The van der Waals surface area contributed by atoms with E-state index in [0.717, 1.165) is 77.2 Å². The molecule has 0 spiro atoms. The first-order valence-corrected chi connectivity index (χ1v) is 18.0. The topological polar surface area (TPSA) is 69.1 Å². The average Bonchev–Trinajstić information content (AvgIpc) is 3.71. The second kappa shape index (κ2) is 13.3. The van der Waals surface area contributed by atoms with Crippen molar-refractivity contribution in [2.45, 2.75) is 0 Å². The largest absolute Gasteiger partial charge is 0.435 e. The molecule has 0 atom stereocenters. The van der Waals surface area contributed by atoms with Gasteiger partial charge in [-0.3, -0.25) is 0 Å². The third-order valence-corrected chi connectivity index (χ3v) is 9.94. The molecule has 2 heterocycles. The Hall–Kier alpha value is -7.75. The van der Waals surface area contributed by atoms with Crippen LogP contribution in [0.25, 0.3) is 105 Å². The van der Waals surface area contributed by atoms with Gasteiger partial charge < -0.3 is 4.42 Å². The van der Waals surface area contributed by atoms with Gasteiger partial charge in [0.1, 0.15) is 5.52 Å². The SMILES string of the molecule is [C-]#[N+]c1ccc(-c2nc(-c3cccc(-c4cccc(-c5cccc6ccc7nc(-c8ccccc8)oc7c56)c4)c3)nc(-c3ccc4ccccc4c3)n2)cc1. The molecule has 2 aromatic heterocycles. The predicted octanol–water partition coefficient (Wildman–Crippen LogP) is 12.9. The maximum Gasteiger partial charge on any atom is 0.227 e. The maximum atomic E-state index is 7.41. The van der Waals surface area contributed by atoms with Gasteiger partial charge in [0.2, 0.25) is 5.89 Å². The standard InChI is InChI=1S/C49H29N5O/c1-50-41-25-22-33(23-26-41)46-52-47(54-48(53-46)40-21-20-31-10-5-6-13-35(31)29-40)39-18-8-16-37(30-39)36-15-7-17-38(28-36)42-19-9-14-32-24-27-43-45(44(32)42)55-49(51-43)34-11-3-2-4-12-34/h2-30H. The second-order valence-electron chi connectivity index (χ2n) is 13.4. The Morgan fingerprint density at radius 3 is 1.73 bits per heavy atom. The number of oxazole rings is 1. The van der Waals surface area contributed by atoms with Gasteiger partial charge in [-0.05, 0) is 74.8 Å². The van der Waals surface area contributed by atoms with Crippen LogP contribution in [0.4, 0.5) is 5.69 Å². The van der Waals surface area contributed by atoms with E-state index in [-0.39, 0.29) is 0 Å². The summed E-state index contributed by atoms with van der Waals surface area (Å²) in [4.78, 5) is 23.4. The van der Waals surface area contributed by atoms with Crippen LogP contribution in [-0.4, -0.2) is 19.9 Å². The van der Waals surface area contributed by atoms with Crippen molar-refractivity contribution in [1.82, 2.24) is 19.9 Å². The first-order valence-electron chi connectivity index (χ1n) is 18.0. The van der Waals surface area contributed by atoms with Gasteiger partial charge in [-0.25, -0.2) is 24.8 Å². The summed E-state index contributed by atoms with van der Waals surface area (Å²) in [6.07, 6.45) is 0. The minimum absolute atomic E-state index is 0.544. The van der Waals surface area contributed by atoms with Gasteiger partial charge in [0.25, 0.3) is 0 Å². The fraction of sp³-hybridized carbons (Fsp3) is 0. The average molecular weight is 704 g/mol. The van der Waals surface area contributed by atoms with Gasteiger partial charge in [0, 0.05) is 27.6 Å². The van der Waals surface area contributed by atoms with Crippen LogP contribution in [-0.2, 0) is 0 Å².